The van der Waals surface area contributed by atoms with E-state index in [9.17, 15) is 0 Å². The van der Waals surface area contributed by atoms with Gasteiger partial charge in [0.1, 0.15) is 20.8 Å². The zero-order valence-corrected chi connectivity index (χ0v) is 14.1. The highest BCUT2D eigenvalue weighted by molar-refractivity contribution is 6.75. The third kappa shape index (κ3) is 4.18. The van der Waals surface area contributed by atoms with Crippen molar-refractivity contribution in [2.24, 2.45) is 0 Å². The van der Waals surface area contributed by atoms with Crippen molar-refractivity contribution in [2.45, 2.75) is 38.8 Å². The molecule has 3 nitrogen and oxygen atoms in total. The predicted octanol–water partition coefficient (Wildman–Crippen LogP) is 2.91. The van der Waals surface area contributed by atoms with E-state index in [2.05, 4.69) is 36.3 Å². The Morgan fingerprint density at radius 2 is 1.90 bits per heavy atom. The van der Waals surface area contributed by atoms with E-state index in [1.807, 2.05) is 18.2 Å². The van der Waals surface area contributed by atoms with Crippen molar-refractivity contribution in [3.05, 3.63) is 35.9 Å². The molecule has 0 N–H and O–H groups in total. The normalized spacial score (nSPS) is 19.5. The minimum absolute atomic E-state index is 0.108. The topological polar surface area (TPSA) is 21.5 Å². The van der Waals surface area contributed by atoms with Crippen LogP contribution in [-0.2, 0) is 16.1 Å². The van der Waals surface area contributed by atoms with Crippen LogP contribution >= 0.6 is 0 Å². The second kappa shape index (κ2) is 6.55. The highest BCUT2D eigenvalue weighted by Crippen LogP contribution is 2.15. The molecule has 0 spiro atoms. The summed E-state index contributed by atoms with van der Waals surface area (Å²) in [6.45, 7) is 8.86. The van der Waals surface area contributed by atoms with Crippen molar-refractivity contribution in [1.82, 2.24) is 0 Å². The largest absolute Gasteiger partial charge is 0.449 e. The highest BCUT2D eigenvalue weighted by Gasteiger charge is 2.37. The molecular formula is C16H26NO2Si+. The fraction of sp³-hybridized carbons (Fsp3) is 0.562. The minimum Gasteiger partial charge on any atom is -0.449 e. The van der Waals surface area contributed by atoms with E-state index >= 15 is 0 Å². The molecule has 1 aliphatic heterocycles. The van der Waals surface area contributed by atoms with E-state index in [-0.39, 0.29) is 6.10 Å². The van der Waals surface area contributed by atoms with Crippen LogP contribution in [0, 0.1) is 0 Å². The van der Waals surface area contributed by atoms with Gasteiger partial charge < -0.3 is 9.47 Å². The number of hydrogen-bond donors (Lipinski definition) is 0. The Morgan fingerprint density at radius 3 is 2.50 bits per heavy atom. The Labute approximate surface area is 123 Å². The summed E-state index contributed by atoms with van der Waals surface area (Å²) in [5.74, 6) is 1.02. The number of hydrogen-bond acceptors (Lipinski definition) is 2. The van der Waals surface area contributed by atoms with Gasteiger partial charge in [0.15, 0.2) is 6.10 Å². The van der Waals surface area contributed by atoms with Crippen LogP contribution in [0.1, 0.15) is 12.0 Å². The molecule has 0 bridgehead atoms. The molecule has 1 heterocycles. The van der Waals surface area contributed by atoms with Crippen molar-refractivity contribution in [3.8, 4) is 0 Å². The molecule has 0 saturated heterocycles. The van der Waals surface area contributed by atoms with Gasteiger partial charge >= 0.3 is 5.90 Å². The van der Waals surface area contributed by atoms with E-state index in [0.29, 0.717) is 6.61 Å². The molecule has 20 heavy (non-hydrogen) atoms. The van der Waals surface area contributed by atoms with Crippen molar-refractivity contribution in [2.75, 3.05) is 19.8 Å². The third-order valence-corrected chi connectivity index (χ3v) is 4.75. The van der Waals surface area contributed by atoms with Crippen LogP contribution in [0.15, 0.2) is 30.3 Å². The third-order valence-electron chi connectivity index (χ3n) is 3.42. The summed E-state index contributed by atoms with van der Waals surface area (Å²) in [5.41, 5.74) is 1.21. The van der Waals surface area contributed by atoms with Crippen LogP contribution in [0.2, 0.25) is 19.6 Å². The lowest BCUT2D eigenvalue weighted by Gasteiger charge is -2.13. The van der Waals surface area contributed by atoms with Gasteiger partial charge in [-0.15, -0.1) is 0 Å². The van der Waals surface area contributed by atoms with Crippen LogP contribution in [0.4, 0.5) is 0 Å². The van der Waals surface area contributed by atoms with Crippen molar-refractivity contribution in [3.63, 3.8) is 0 Å². The number of nitrogens with zero attached hydrogens (tertiary/aromatic N) is 1. The maximum atomic E-state index is 6.05. The van der Waals surface area contributed by atoms with Gasteiger partial charge in [0.05, 0.1) is 13.7 Å². The Balaban J connectivity index is 1.99. The molecule has 1 atom stereocenters. The Kier molecular flexibility index (Phi) is 4.99. The summed E-state index contributed by atoms with van der Waals surface area (Å²) in [4.78, 5) is 0. The minimum atomic E-state index is -1.13. The van der Waals surface area contributed by atoms with E-state index < -0.39 is 8.07 Å². The van der Waals surface area contributed by atoms with Gasteiger partial charge in [0.2, 0.25) is 0 Å². The predicted molar refractivity (Wildman–Crippen MR) is 85.0 cm³/mol. The number of rotatable bonds is 5. The summed E-state index contributed by atoms with van der Waals surface area (Å²) in [5, 5.41) is 0. The molecule has 0 saturated carbocycles. The van der Waals surface area contributed by atoms with Gasteiger partial charge in [-0.2, -0.15) is 0 Å². The molecule has 0 radical (unpaired) electrons. The molecule has 4 heteroatoms. The maximum Gasteiger partial charge on any atom is 0.365 e. The molecule has 0 aromatic heterocycles. The zero-order chi connectivity index (χ0) is 14.6. The van der Waals surface area contributed by atoms with Gasteiger partial charge in [-0.3, -0.25) is 0 Å². The van der Waals surface area contributed by atoms with Crippen LogP contribution in [0.3, 0.4) is 0 Å². The summed E-state index contributed by atoms with van der Waals surface area (Å²) >= 11 is 0. The summed E-state index contributed by atoms with van der Waals surface area (Å²) < 4.78 is 14.0. The maximum absolute atomic E-state index is 6.05. The average Bonchev–Trinajstić information content (AvgIpc) is 2.77. The van der Waals surface area contributed by atoms with E-state index in [0.717, 1.165) is 25.0 Å². The summed E-state index contributed by atoms with van der Waals surface area (Å²) in [6, 6.07) is 10.3. The molecule has 0 aliphatic carbocycles. The lowest BCUT2D eigenvalue weighted by Crippen LogP contribution is -2.37. The quantitative estimate of drug-likeness (QED) is 0.615. The molecule has 0 fully saturated rings. The average molecular weight is 292 g/mol. The first-order valence-electron chi connectivity index (χ1n) is 7.31. The van der Waals surface area contributed by atoms with Gasteiger partial charge in [0.25, 0.3) is 0 Å². The fourth-order valence-electron chi connectivity index (χ4n) is 2.63. The van der Waals surface area contributed by atoms with Crippen molar-refractivity contribution in [1.29, 1.82) is 0 Å². The van der Waals surface area contributed by atoms with Gasteiger partial charge in [0, 0.05) is 6.42 Å². The van der Waals surface area contributed by atoms with Gasteiger partial charge in [-0.05, 0) is 5.56 Å². The summed E-state index contributed by atoms with van der Waals surface area (Å²) in [6.07, 6.45) is 2.28. The standard InChI is InChI=1S/C16H26NO2Si/c1-18-16-15(10-11-17(16)13-20(2,3)4)19-12-14-8-6-5-7-9-14/h5-9,15H,10-13H2,1-4H3/q+1. The SMILES string of the molecule is COC1=[N+](C[Si](C)(C)C)CCC1OCc1ccccc1. The van der Waals surface area contributed by atoms with Crippen LogP contribution in [-0.4, -0.2) is 44.5 Å². The van der Waals surface area contributed by atoms with E-state index in [4.69, 9.17) is 9.47 Å². The van der Waals surface area contributed by atoms with Gasteiger partial charge in [-0.1, -0.05) is 50.0 Å². The molecule has 2 rings (SSSR count). The second-order valence-electron chi connectivity index (χ2n) is 6.60. The second-order valence-corrected chi connectivity index (χ2v) is 12.0. The molecule has 1 aliphatic rings. The molecular weight excluding hydrogens is 266 g/mol. The number of benzene rings is 1. The molecule has 0 amide bonds. The summed E-state index contributed by atoms with van der Waals surface area (Å²) in [7, 11) is 0.633. The molecule has 1 unspecified atom stereocenters. The van der Waals surface area contributed by atoms with E-state index in [1.54, 1.807) is 7.11 Å². The van der Waals surface area contributed by atoms with E-state index in [1.165, 1.54) is 5.56 Å². The highest BCUT2D eigenvalue weighted by atomic mass is 28.3. The molecule has 1 aromatic rings. The molecule has 1 aromatic carbocycles. The first-order valence-corrected chi connectivity index (χ1v) is 11.0. The molecule has 110 valence electrons. The Morgan fingerprint density at radius 1 is 1.20 bits per heavy atom. The number of ether oxygens (including phenoxy) is 2. The van der Waals surface area contributed by atoms with Crippen molar-refractivity contribution < 1.29 is 14.0 Å². The number of methoxy groups -OCH3 is 1. The first kappa shape index (κ1) is 15.3. The van der Waals surface area contributed by atoms with Crippen molar-refractivity contribution >= 4 is 14.0 Å². The first-order chi connectivity index (χ1) is 9.49. The lowest BCUT2D eigenvalue weighted by molar-refractivity contribution is -0.511. The zero-order valence-electron chi connectivity index (χ0n) is 13.1. The van der Waals surface area contributed by atoms with Crippen LogP contribution in [0.5, 0.6) is 0 Å². The Hall–Kier alpha value is -1.13. The monoisotopic (exact) mass is 292 g/mol. The van der Waals surface area contributed by atoms with Gasteiger partial charge in [-0.25, -0.2) is 4.58 Å². The van der Waals surface area contributed by atoms with Crippen LogP contribution < -0.4 is 0 Å². The smallest absolute Gasteiger partial charge is 0.365 e. The fourth-order valence-corrected chi connectivity index (χ4v) is 4.09. The van der Waals surface area contributed by atoms with Crippen LogP contribution in [0.25, 0.3) is 0 Å². The lowest BCUT2D eigenvalue weighted by atomic mass is 10.2. The Bertz CT molecular complexity index is 465.